The number of oxime groups is 1. The molecule has 2 aliphatic rings. The normalized spacial score (nSPS) is 18.8. The van der Waals surface area contributed by atoms with Crippen molar-refractivity contribution in [2.45, 2.75) is 44.2 Å². The van der Waals surface area contributed by atoms with E-state index in [-0.39, 0.29) is 24.2 Å². The summed E-state index contributed by atoms with van der Waals surface area (Å²) in [6, 6.07) is 13.1. The van der Waals surface area contributed by atoms with E-state index in [0.29, 0.717) is 22.5 Å². The van der Waals surface area contributed by atoms with E-state index in [9.17, 15) is 14.0 Å². The predicted molar refractivity (Wildman–Crippen MR) is 107 cm³/mol. The fourth-order valence-corrected chi connectivity index (χ4v) is 3.69. The Kier molecular flexibility index (Phi) is 5.55. The van der Waals surface area contributed by atoms with Crippen LogP contribution in [0, 0.1) is 5.82 Å². The van der Waals surface area contributed by atoms with Crippen LogP contribution in [0.4, 0.5) is 10.1 Å². The molecule has 1 aliphatic heterocycles. The summed E-state index contributed by atoms with van der Waals surface area (Å²) in [5, 5.41) is 9.73. The Labute approximate surface area is 168 Å². The number of benzene rings is 2. The van der Waals surface area contributed by atoms with E-state index in [4.69, 9.17) is 4.84 Å². The number of para-hydroxylation sites is 1. The number of amides is 2. The number of rotatable bonds is 5. The van der Waals surface area contributed by atoms with Gasteiger partial charge < -0.3 is 15.5 Å². The molecule has 2 amide bonds. The second-order valence-electron chi connectivity index (χ2n) is 7.34. The SMILES string of the molecule is O=C(NC1CCCC1)c1ccccc1NC(=O)C1CC(c2cccc(F)c2)=NO1. The first-order valence-corrected chi connectivity index (χ1v) is 9.79. The second-order valence-corrected chi connectivity index (χ2v) is 7.34. The summed E-state index contributed by atoms with van der Waals surface area (Å²) < 4.78 is 13.4. The first-order valence-electron chi connectivity index (χ1n) is 9.79. The minimum atomic E-state index is -0.834. The predicted octanol–water partition coefficient (Wildman–Crippen LogP) is 3.63. The van der Waals surface area contributed by atoms with Crippen molar-refractivity contribution in [3.63, 3.8) is 0 Å². The Bertz CT molecular complexity index is 954. The van der Waals surface area contributed by atoms with Gasteiger partial charge >= 0.3 is 0 Å². The van der Waals surface area contributed by atoms with Gasteiger partial charge in [0.05, 0.1) is 17.0 Å². The largest absolute Gasteiger partial charge is 0.382 e. The summed E-state index contributed by atoms with van der Waals surface area (Å²) >= 11 is 0. The standard InChI is InChI=1S/C22H22FN3O3/c23-15-7-5-6-14(12-15)19-13-20(29-26-19)22(28)25-18-11-4-3-10-17(18)21(27)24-16-8-1-2-9-16/h3-7,10-12,16,20H,1-2,8-9,13H2,(H,24,27)(H,25,28). The second kappa shape index (κ2) is 8.43. The van der Waals surface area contributed by atoms with Gasteiger partial charge in [0.15, 0.2) is 0 Å². The number of nitrogens with zero attached hydrogens (tertiary/aromatic N) is 1. The van der Waals surface area contributed by atoms with Crippen molar-refractivity contribution in [1.82, 2.24) is 5.32 Å². The number of halogens is 1. The molecule has 0 bridgehead atoms. The summed E-state index contributed by atoms with van der Waals surface area (Å²) in [5.74, 6) is -0.974. The first-order chi connectivity index (χ1) is 14.1. The third-order valence-corrected chi connectivity index (χ3v) is 5.24. The maximum atomic E-state index is 13.4. The molecule has 6 nitrogen and oxygen atoms in total. The number of carbonyl (C=O) groups excluding carboxylic acids is 2. The average Bonchev–Trinajstić information content (AvgIpc) is 3.40. The lowest BCUT2D eigenvalue weighted by molar-refractivity contribution is -0.125. The van der Waals surface area contributed by atoms with Gasteiger partial charge in [0.1, 0.15) is 5.82 Å². The van der Waals surface area contributed by atoms with Gasteiger partial charge in [-0.2, -0.15) is 0 Å². The highest BCUT2D eigenvalue weighted by molar-refractivity contribution is 6.08. The van der Waals surface area contributed by atoms with Gasteiger partial charge in [-0.15, -0.1) is 0 Å². The van der Waals surface area contributed by atoms with Crippen molar-refractivity contribution in [3.8, 4) is 0 Å². The molecule has 7 heteroatoms. The Morgan fingerprint density at radius 1 is 1.07 bits per heavy atom. The molecule has 1 fully saturated rings. The van der Waals surface area contributed by atoms with Crippen LogP contribution >= 0.6 is 0 Å². The van der Waals surface area contributed by atoms with Crippen molar-refractivity contribution < 1.29 is 18.8 Å². The third-order valence-electron chi connectivity index (χ3n) is 5.24. The molecule has 1 aliphatic carbocycles. The highest BCUT2D eigenvalue weighted by Gasteiger charge is 2.30. The monoisotopic (exact) mass is 395 g/mol. The van der Waals surface area contributed by atoms with E-state index in [1.54, 1.807) is 36.4 Å². The van der Waals surface area contributed by atoms with Crippen molar-refractivity contribution >= 4 is 23.2 Å². The number of nitrogens with one attached hydrogen (secondary N) is 2. The van der Waals surface area contributed by atoms with Crippen LogP contribution in [0.25, 0.3) is 0 Å². The van der Waals surface area contributed by atoms with Crippen LogP contribution in [-0.2, 0) is 9.63 Å². The molecule has 0 aromatic heterocycles. The van der Waals surface area contributed by atoms with Crippen molar-refractivity contribution in [2.75, 3.05) is 5.32 Å². The van der Waals surface area contributed by atoms with E-state index < -0.39 is 12.0 Å². The zero-order chi connectivity index (χ0) is 20.2. The van der Waals surface area contributed by atoms with Gasteiger partial charge in [-0.1, -0.05) is 42.3 Å². The fraction of sp³-hybridized carbons (Fsp3) is 0.318. The van der Waals surface area contributed by atoms with Gasteiger partial charge in [-0.3, -0.25) is 9.59 Å². The van der Waals surface area contributed by atoms with E-state index >= 15 is 0 Å². The summed E-state index contributed by atoms with van der Waals surface area (Å²) in [5.41, 5.74) is 1.93. The molecule has 1 heterocycles. The fourth-order valence-electron chi connectivity index (χ4n) is 3.69. The molecule has 0 spiro atoms. The van der Waals surface area contributed by atoms with Crippen LogP contribution in [0.5, 0.6) is 0 Å². The molecule has 2 aromatic rings. The number of anilines is 1. The Morgan fingerprint density at radius 2 is 1.86 bits per heavy atom. The lowest BCUT2D eigenvalue weighted by Gasteiger charge is -2.16. The van der Waals surface area contributed by atoms with Crippen molar-refractivity contribution in [1.29, 1.82) is 0 Å². The van der Waals surface area contributed by atoms with Gasteiger partial charge in [0.25, 0.3) is 11.8 Å². The number of hydrogen-bond acceptors (Lipinski definition) is 4. The molecule has 0 radical (unpaired) electrons. The molecule has 1 unspecified atom stereocenters. The van der Waals surface area contributed by atoms with Crippen LogP contribution in [0.3, 0.4) is 0 Å². The Hall–Kier alpha value is -3.22. The van der Waals surface area contributed by atoms with Gasteiger partial charge in [-0.05, 0) is 37.1 Å². The minimum Gasteiger partial charge on any atom is -0.382 e. The van der Waals surface area contributed by atoms with Gasteiger partial charge in [0.2, 0.25) is 6.10 Å². The van der Waals surface area contributed by atoms with Crippen molar-refractivity contribution in [3.05, 3.63) is 65.5 Å². The third kappa shape index (κ3) is 4.45. The Morgan fingerprint density at radius 3 is 2.66 bits per heavy atom. The Balaban J connectivity index is 1.41. The number of hydrogen-bond donors (Lipinski definition) is 2. The topological polar surface area (TPSA) is 79.8 Å². The first kappa shape index (κ1) is 19.1. The molecule has 2 aromatic carbocycles. The molecule has 150 valence electrons. The molecule has 4 rings (SSSR count). The average molecular weight is 395 g/mol. The highest BCUT2D eigenvalue weighted by atomic mass is 19.1. The quantitative estimate of drug-likeness (QED) is 0.811. The van der Waals surface area contributed by atoms with Crippen LogP contribution in [0.15, 0.2) is 53.7 Å². The molecule has 2 N–H and O–H groups in total. The highest BCUT2D eigenvalue weighted by Crippen LogP contribution is 2.22. The van der Waals surface area contributed by atoms with Crippen molar-refractivity contribution in [2.24, 2.45) is 5.16 Å². The lowest BCUT2D eigenvalue weighted by Crippen LogP contribution is -2.34. The van der Waals surface area contributed by atoms with Crippen LogP contribution < -0.4 is 10.6 Å². The maximum Gasteiger partial charge on any atom is 0.268 e. The smallest absolute Gasteiger partial charge is 0.268 e. The number of carbonyl (C=O) groups is 2. The molecule has 1 saturated carbocycles. The van der Waals surface area contributed by atoms with Gasteiger partial charge in [-0.25, -0.2) is 4.39 Å². The molecule has 1 atom stereocenters. The maximum absolute atomic E-state index is 13.4. The summed E-state index contributed by atoms with van der Waals surface area (Å²) in [6.45, 7) is 0. The van der Waals surface area contributed by atoms with Crippen LogP contribution in [0.1, 0.15) is 48.0 Å². The zero-order valence-electron chi connectivity index (χ0n) is 15.9. The minimum absolute atomic E-state index is 0.187. The lowest BCUT2D eigenvalue weighted by atomic mass is 10.0. The summed E-state index contributed by atoms with van der Waals surface area (Å²) in [6.07, 6.45) is 3.60. The molecular weight excluding hydrogens is 373 g/mol. The van der Waals surface area contributed by atoms with E-state index in [0.717, 1.165) is 25.7 Å². The van der Waals surface area contributed by atoms with Crippen LogP contribution in [0.2, 0.25) is 0 Å². The van der Waals surface area contributed by atoms with Crippen LogP contribution in [-0.4, -0.2) is 29.7 Å². The van der Waals surface area contributed by atoms with E-state index in [2.05, 4.69) is 15.8 Å². The van der Waals surface area contributed by atoms with E-state index in [1.165, 1.54) is 12.1 Å². The molecule has 29 heavy (non-hydrogen) atoms. The molecular formula is C22H22FN3O3. The summed E-state index contributed by atoms with van der Waals surface area (Å²) in [4.78, 5) is 30.6. The summed E-state index contributed by atoms with van der Waals surface area (Å²) in [7, 11) is 0. The zero-order valence-corrected chi connectivity index (χ0v) is 15.9. The molecule has 0 saturated heterocycles. The van der Waals surface area contributed by atoms with E-state index in [1.807, 2.05) is 0 Å². The van der Waals surface area contributed by atoms with Gasteiger partial charge in [0, 0.05) is 18.0 Å².